The number of fused-ring (bicyclic) bond motifs is 1. The van der Waals surface area contributed by atoms with Gasteiger partial charge in [0.1, 0.15) is 11.8 Å². The van der Waals surface area contributed by atoms with Gasteiger partial charge in [0.2, 0.25) is 0 Å². The zero-order chi connectivity index (χ0) is 16.3. The minimum atomic E-state index is -1.10. The number of benzene rings is 1. The van der Waals surface area contributed by atoms with E-state index in [2.05, 4.69) is 4.90 Å². The highest BCUT2D eigenvalue weighted by molar-refractivity contribution is 5.82. The Morgan fingerprint density at radius 1 is 1.17 bits per heavy atom. The number of nitrogens with zero attached hydrogens (tertiary/aromatic N) is 1. The fraction of sp³-hybridized carbons (Fsp3) is 0.579. The van der Waals surface area contributed by atoms with Crippen LogP contribution in [0.1, 0.15) is 37.7 Å². The molecule has 1 aromatic rings. The van der Waals surface area contributed by atoms with Crippen molar-refractivity contribution in [1.82, 2.24) is 4.90 Å². The maximum Gasteiger partial charge on any atom is 0.324 e. The Bertz CT molecular complexity index is 545. The monoisotopic (exact) mass is 315 g/mol. The first-order valence-electron chi connectivity index (χ1n) is 8.62. The van der Waals surface area contributed by atoms with Gasteiger partial charge in [-0.05, 0) is 30.2 Å². The van der Waals surface area contributed by atoms with Crippen molar-refractivity contribution in [2.45, 2.75) is 44.1 Å². The third-order valence-corrected chi connectivity index (χ3v) is 5.74. The average molecular weight is 315 g/mol. The molecule has 4 heteroatoms. The lowest BCUT2D eigenvalue weighted by Crippen LogP contribution is -2.56. The Labute approximate surface area is 137 Å². The molecule has 2 fully saturated rings. The van der Waals surface area contributed by atoms with Crippen LogP contribution in [-0.2, 0) is 16.0 Å². The molecule has 1 aliphatic heterocycles. The van der Waals surface area contributed by atoms with Gasteiger partial charge in [-0.2, -0.15) is 0 Å². The first-order chi connectivity index (χ1) is 11.2. The number of carbonyl (C=O) groups excluding carboxylic acids is 1. The Balaban J connectivity index is 1.88. The molecule has 3 atom stereocenters. The molecule has 0 bridgehead atoms. The highest BCUT2D eigenvalue weighted by Crippen LogP contribution is 2.40. The van der Waals surface area contributed by atoms with Gasteiger partial charge in [-0.25, -0.2) is 0 Å². The van der Waals surface area contributed by atoms with Gasteiger partial charge in [0.05, 0.1) is 0 Å². The molecule has 0 unspecified atom stereocenters. The highest BCUT2D eigenvalue weighted by Gasteiger charge is 2.49. The normalized spacial score (nSPS) is 27.1. The number of aliphatic carboxylic acids is 1. The van der Waals surface area contributed by atoms with Crippen molar-refractivity contribution in [3.05, 3.63) is 35.9 Å². The molecule has 1 saturated carbocycles. The van der Waals surface area contributed by atoms with Gasteiger partial charge in [-0.15, -0.1) is 0 Å². The number of carbonyl (C=O) groups is 2. The second kappa shape index (κ2) is 6.83. The minimum Gasteiger partial charge on any atom is -0.480 e. The number of carboxylic acid groups (broad SMARTS) is 1. The SMILES string of the molecule is O=CC[C@@](Cc1ccccc1)(C(=O)O)N1C[C@H]2CCCC[C@H]2C1. The van der Waals surface area contributed by atoms with Crippen LogP contribution in [0.3, 0.4) is 0 Å². The van der Waals surface area contributed by atoms with Gasteiger partial charge in [0.25, 0.3) is 0 Å². The lowest BCUT2D eigenvalue weighted by molar-refractivity contribution is -0.152. The molecule has 1 aromatic carbocycles. The van der Waals surface area contributed by atoms with Crippen LogP contribution in [0, 0.1) is 11.8 Å². The van der Waals surface area contributed by atoms with E-state index in [0.29, 0.717) is 18.3 Å². The number of hydrogen-bond donors (Lipinski definition) is 1. The first-order valence-corrected chi connectivity index (χ1v) is 8.62. The number of hydrogen-bond acceptors (Lipinski definition) is 3. The van der Waals surface area contributed by atoms with Crippen molar-refractivity contribution in [2.24, 2.45) is 11.8 Å². The van der Waals surface area contributed by atoms with Gasteiger partial charge < -0.3 is 9.90 Å². The second-order valence-electron chi connectivity index (χ2n) is 7.08. The van der Waals surface area contributed by atoms with Crippen LogP contribution in [0.5, 0.6) is 0 Å². The van der Waals surface area contributed by atoms with Crippen LogP contribution >= 0.6 is 0 Å². The van der Waals surface area contributed by atoms with Gasteiger partial charge in [-0.3, -0.25) is 9.69 Å². The summed E-state index contributed by atoms with van der Waals surface area (Å²) < 4.78 is 0. The standard InChI is InChI=1S/C19H25NO3/c21-11-10-19(18(22)23,12-15-6-2-1-3-7-15)20-13-16-8-4-5-9-17(16)14-20/h1-3,6-7,11,16-17H,4-5,8-10,12-14H2,(H,22,23)/t16-,17+,19-/m1/s1. The summed E-state index contributed by atoms with van der Waals surface area (Å²) in [6.07, 6.45) is 6.12. The zero-order valence-corrected chi connectivity index (χ0v) is 13.5. The number of aldehydes is 1. The topological polar surface area (TPSA) is 57.6 Å². The molecule has 0 spiro atoms. The van der Waals surface area contributed by atoms with E-state index in [1.165, 1.54) is 25.7 Å². The maximum absolute atomic E-state index is 12.2. The molecular weight excluding hydrogens is 290 g/mol. The molecule has 1 saturated heterocycles. The Hall–Kier alpha value is -1.68. The predicted octanol–water partition coefficient (Wildman–Crippen LogP) is 2.76. The molecule has 0 aromatic heterocycles. The van der Waals surface area contributed by atoms with E-state index in [4.69, 9.17) is 0 Å². The average Bonchev–Trinajstić information content (AvgIpc) is 2.99. The van der Waals surface area contributed by atoms with Crippen LogP contribution in [0.2, 0.25) is 0 Å². The largest absolute Gasteiger partial charge is 0.480 e. The van der Waals surface area contributed by atoms with Gasteiger partial charge in [0, 0.05) is 25.9 Å². The number of likely N-dealkylation sites (tertiary alicyclic amines) is 1. The van der Waals surface area contributed by atoms with Crippen molar-refractivity contribution in [3.63, 3.8) is 0 Å². The molecule has 0 amide bonds. The van der Waals surface area contributed by atoms with E-state index in [9.17, 15) is 14.7 Å². The van der Waals surface area contributed by atoms with Crippen LogP contribution in [0.4, 0.5) is 0 Å². The van der Waals surface area contributed by atoms with Crippen LogP contribution in [-0.4, -0.2) is 40.9 Å². The molecule has 23 heavy (non-hydrogen) atoms. The van der Waals surface area contributed by atoms with Crippen molar-refractivity contribution in [3.8, 4) is 0 Å². The summed E-state index contributed by atoms with van der Waals surface area (Å²) in [5, 5.41) is 10.0. The lowest BCUT2D eigenvalue weighted by atomic mass is 9.82. The van der Waals surface area contributed by atoms with Crippen LogP contribution in [0.15, 0.2) is 30.3 Å². The quantitative estimate of drug-likeness (QED) is 0.820. The van der Waals surface area contributed by atoms with E-state index < -0.39 is 11.5 Å². The Morgan fingerprint density at radius 3 is 2.30 bits per heavy atom. The second-order valence-corrected chi connectivity index (χ2v) is 7.08. The minimum absolute atomic E-state index is 0.0522. The van der Waals surface area contributed by atoms with Crippen molar-refractivity contribution >= 4 is 12.3 Å². The van der Waals surface area contributed by atoms with Gasteiger partial charge in [-0.1, -0.05) is 43.2 Å². The maximum atomic E-state index is 12.2. The molecule has 1 heterocycles. The molecule has 4 nitrogen and oxygen atoms in total. The Kier molecular flexibility index (Phi) is 4.81. The fourth-order valence-corrected chi connectivity index (χ4v) is 4.44. The van der Waals surface area contributed by atoms with E-state index >= 15 is 0 Å². The summed E-state index contributed by atoms with van der Waals surface area (Å²) in [5.41, 5.74) is -0.118. The van der Waals surface area contributed by atoms with E-state index in [-0.39, 0.29) is 6.42 Å². The molecule has 2 aliphatic rings. The summed E-state index contributed by atoms with van der Waals surface area (Å²) in [7, 11) is 0. The Morgan fingerprint density at radius 2 is 1.78 bits per heavy atom. The van der Waals surface area contributed by atoms with E-state index in [1.807, 2.05) is 30.3 Å². The number of rotatable bonds is 6. The molecule has 1 aliphatic carbocycles. The van der Waals surface area contributed by atoms with Crippen molar-refractivity contribution < 1.29 is 14.7 Å². The van der Waals surface area contributed by atoms with Gasteiger partial charge in [0.15, 0.2) is 0 Å². The summed E-state index contributed by atoms with van der Waals surface area (Å²) in [6, 6.07) is 9.67. The fourth-order valence-electron chi connectivity index (χ4n) is 4.44. The molecular formula is C19H25NO3. The molecule has 124 valence electrons. The highest BCUT2D eigenvalue weighted by atomic mass is 16.4. The van der Waals surface area contributed by atoms with E-state index in [1.54, 1.807) is 0 Å². The summed E-state index contributed by atoms with van der Waals surface area (Å²) in [4.78, 5) is 25.6. The zero-order valence-electron chi connectivity index (χ0n) is 13.5. The summed E-state index contributed by atoms with van der Waals surface area (Å²) >= 11 is 0. The first kappa shape index (κ1) is 16.2. The smallest absolute Gasteiger partial charge is 0.324 e. The molecule has 3 rings (SSSR count). The molecule has 0 radical (unpaired) electrons. The third kappa shape index (κ3) is 3.18. The summed E-state index contributed by atoms with van der Waals surface area (Å²) in [5.74, 6) is 0.335. The van der Waals surface area contributed by atoms with Crippen LogP contribution in [0.25, 0.3) is 0 Å². The third-order valence-electron chi connectivity index (χ3n) is 5.74. The molecule has 1 N–H and O–H groups in total. The lowest BCUT2D eigenvalue weighted by Gasteiger charge is -2.37. The van der Waals surface area contributed by atoms with E-state index in [0.717, 1.165) is 24.9 Å². The number of carboxylic acids is 1. The predicted molar refractivity (Wildman–Crippen MR) is 88.2 cm³/mol. The summed E-state index contributed by atoms with van der Waals surface area (Å²) in [6.45, 7) is 1.63. The van der Waals surface area contributed by atoms with Crippen molar-refractivity contribution in [2.75, 3.05) is 13.1 Å². The van der Waals surface area contributed by atoms with Crippen molar-refractivity contribution in [1.29, 1.82) is 0 Å². The van der Waals surface area contributed by atoms with Gasteiger partial charge >= 0.3 is 5.97 Å². The van der Waals surface area contributed by atoms with Crippen LogP contribution < -0.4 is 0 Å².